The number of nitrogens with one attached hydrogen (secondary N) is 1. The molecule has 0 aromatic carbocycles. The number of hydrogen-bond donors (Lipinski definition) is 1. The van der Waals surface area contributed by atoms with Crippen molar-refractivity contribution in [3.05, 3.63) is 74.8 Å². The Morgan fingerprint density at radius 3 is 2.52 bits per heavy atom. The van der Waals surface area contributed by atoms with Crippen molar-refractivity contribution < 1.29 is 23.5 Å². The van der Waals surface area contributed by atoms with Gasteiger partial charge in [-0.3, -0.25) is 23.9 Å². The maximum absolute atomic E-state index is 14.5. The fourth-order valence-electron chi connectivity index (χ4n) is 4.27. The smallest absolute Gasteiger partial charge is 0.409 e. The van der Waals surface area contributed by atoms with Gasteiger partial charge in [0, 0.05) is 51.3 Å². The lowest BCUT2D eigenvalue weighted by atomic mass is 10.0. The van der Waals surface area contributed by atoms with E-state index in [9.17, 15) is 23.6 Å². The largest absolute Gasteiger partial charge is 0.438 e. The van der Waals surface area contributed by atoms with Crippen LogP contribution in [0.1, 0.15) is 43.6 Å². The number of likely N-dealkylation sites (N-methyl/N-ethyl adjacent to an activating group) is 1. The first-order chi connectivity index (χ1) is 19.8. The van der Waals surface area contributed by atoms with E-state index >= 15 is 0 Å². The molecule has 0 aliphatic rings. The highest BCUT2D eigenvalue weighted by atomic mass is 35.5. The number of aromatic amines is 1. The number of rotatable bonds is 12. The zero-order valence-corrected chi connectivity index (χ0v) is 25.5. The van der Waals surface area contributed by atoms with E-state index in [1.54, 1.807) is 26.2 Å². The summed E-state index contributed by atoms with van der Waals surface area (Å²) in [6, 6.07) is 4.61. The topological polar surface area (TPSA) is 118 Å². The molecule has 1 atom stereocenters. The molecule has 0 saturated heterocycles. The second-order valence-electron chi connectivity index (χ2n) is 10.9. The summed E-state index contributed by atoms with van der Waals surface area (Å²) in [5.74, 6) is -0.853. The first-order valence-electron chi connectivity index (χ1n) is 13.6. The second-order valence-corrected chi connectivity index (χ2v) is 11.3. The van der Waals surface area contributed by atoms with Crippen molar-refractivity contribution in [1.29, 1.82) is 0 Å². The summed E-state index contributed by atoms with van der Waals surface area (Å²) >= 11 is 6.38. The van der Waals surface area contributed by atoms with Gasteiger partial charge in [0.15, 0.2) is 17.7 Å². The fourth-order valence-corrected chi connectivity index (χ4v) is 4.47. The van der Waals surface area contributed by atoms with Gasteiger partial charge in [-0.2, -0.15) is 0 Å². The molecule has 0 aliphatic heterocycles. The Bertz CT molecular complexity index is 1540. The highest BCUT2D eigenvalue weighted by Crippen LogP contribution is 2.24. The predicted octanol–water partition coefficient (Wildman–Crippen LogP) is 4.37. The highest BCUT2D eigenvalue weighted by molar-refractivity contribution is 6.29. The molecule has 1 N–H and O–H groups in total. The number of nitrogens with zero attached hydrogens (tertiary/aromatic N) is 4. The molecule has 0 fully saturated rings. The maximum atomic E-state index is 14.5. The molecule has 0 aliphatic carbocycles. The van der Waals surface area contributed by atoms with Crippen LogP contribution in [-0.4, -0.2) is 76.4 Å². The van der Waals surface area contributed by atoms with Gasteiger partial charge in [0.1, 0.15) is 5.15 Å². The van der Waals surface area contributed by atoms with Gasteiger partial charge in [-0.15, -0.1) is 0 Å². The summed E-state index contributed by atoms with van der Waals surface area (Å²) in [6.07, 6.45) is 3.12. The van der Waals surface area contributed by atoms with E-state index in [1.165, 1.54) is 52.9 Å². The summed E-state index contributed by atoms with van der Waals surface area (Å²) in [6.45, 7) is 4.10. The number of allylic oxidation sites excluding steroid dienone is 1. The molecule has 3 aromatic rings. The number of pyridine rings is 2. The molecule has 10 nitrogen and oxygen atoms in total. The van der Waals surface area contributed by atoms with Gasteiger partial charge in [0.05, 0.1) is 24.0 Å². The number of halogens is 2. The molecule has 2 amide bonds. The van der Waals surface area contributed by atoms with Gasteiger partial charge in [-0.25, -0.2) is 9.18 Å². The number of H-pyrrole nitrogens is 1. The normalized spacial score (nSPS) is 12.2. The third-order valence-electron chi connectivity index (χ3n) is 6.51. The molecule has 0 unspecified atom stereocenters. The van der Waals surface area contributed by atoms with Gasteiger partial charge in [0.25, 0.3) is 5.56 Å². The van der Waals surface area contributed by atoms with Crippen LogP contribution in [0.2, 0.25) is 5.15 Å². The molecule has 0 bridgehead atoms. The van der Waals surface area contributed by atoms with Crippen LogP contribution in [0, 0.1) is 11.7 Å². The highest BCUT2D eigenvalue weighted by Gasteiger charge is 2.25. The average molecular weight is 602 g/mol. The average Bonchev–Trinajstić information content (AvgIpc) is 3.36. The lowest BCUT2D eigenvalue weighted by Gasteiger charge is -2.19. The lowest BCUT2D eigenvalue weighted by molar-refractivity contribution is -0.127. The molecular weight excluding hydrogens is 565 g/mol. The van der Waals surface area contributed by atoms with Crippen molar-refractivity contribution >= 4 is 40.3 Å². The minimum absolute atomic E-state index is 0.0126. The van der Waals surface area contributed by atoms with Gasteiger partial charge in [0.2, 0.25) is 5.91 Å². The van der Waals surface area contributed by atoms with E-state index in [0.29, 0.717) is 35.4 Å². The summed E-state index contributed by atoms with van der Waals surface area (Å²) in [4.78, 5) is 60.8. The van der Waals surface area contributed by atoms with Crippen LogP contribution in [-0.2, 0) is 33.7 Å². The second kappa shape index (κ2) is 14.3. The van der Waals surface area contributed by atoms with E-state index < -0.39 is 29.4 Å². The molecule has 0 saturated carbocycles. The minimum Gasteiger partial charge on any atom is -0.438 e. The van der Waals surface area contributed by atoms with Crippen molar-refractivity contribution in [3.8, 4) is 0 Å². The van der Waals surface area contributed by atoms with Crippen LogP contribution < -0.4 is 5.56 Å². The third kappa shape index (κ3) is 8.28. The molecule has 0 radical (unpaired) electrons. The SMILES string of the molecule is CC(C)Cc1ncc(F)c2cc(Cn3c(Cl)ccc(CC(=O)[C@H](CC/C=C/C(=O)N(C)C)OC(=O)N(C)C)c3=O)[nH]c12. The third-order valence-corrected chi connectivity index (χ3v) is 6.84. The van der Waals surface area contributed by atoms with Gasteiger partial charge >= 0.3 is 6.09 Å². The number of amides is 2. The zero-order chi connectivity index (χ0) is 31.1. The Labute approximate surface area is 249 Å². The van der Waals surface area contributed by atoms with Crippen LogP contribution in [0.15, 0.2) is 41.3 Å². The van der Waals surface area contributed by atoms with Gasteiger partial charge < -0.3 is 19.5 Å². The maximum Gasteiger partial charge on any atom is 0.409 e. The number of ketones is 1. The number of fused-ring (bicyclic) bond motifs is 1. The van der Waals surface area contributed by atoms with Crippen LogP contribution >= 0.6 is 11.6 Å². The van der Waals surface area contributed by atoms with Crippen molar-refractivity contribution in [3.63, 3.8) is 0 Å². The van der Waals surface area contributed by atoms with Crippen LogP contribution in [0.3, 0.4) is 0 Å². The van der Waals surface area contributed by atoms with Crippen LogP contribution in [0.25, 0.3) is 10.9 Å². The molecule has 226 valence electrons. The quantitative estimate of drug-likeness (QED) is 0.243. The number of carbonyl (C=O) groups is 3. The summed E-state index contributed by atoms with van der Waals surface area (Å²) in [5, 5.41) is 0.514. The number of hydrogen-bond acceptors (Lipinski definition) is 6. The van der Waals surface area contributed by atoms with Crippen molar-refractivity contribution in [1.82, 2.24) is 24.3 Å². The van der Waals surface area contributed by atoms with Gasteiger partial charge in [-0.05, 0) is 43.4 Å². The number of carbonyl (C=O) groups excluding carboxylic acids is 3. The van der Waals surface area contributed by atoms with E-state index in [-0.39, 0.29) is 36.0 Å². The summed E-state index contributed by atoms with van der Waals surface area (Å²) in [5.41, 5.74) is 1.51. The Kier molecular flexibility index (Phi) is 11.0. The Morgan fingerprint density at radius 2 is 1.88 bits per heavy atom. The van der Waals surface area contributed by atoms with E-state index in [1.807, 2.05) is 13.8 Å². The van der Waals surface area contributed by atoms with Crippen molar-refractivity contribution in [2.24, 2.45) is 5.92 Å². The number of aromatic nitrogens is 3. The van der Waals surface area contributed by atoms with Crippen LogP contribution in [0.5, 0.6) is 0 Å². The molecule has 3 aromatic heterocycles. The number of Topliss-reactive ketones (excluding diaryl/α,β-unsaturated/α-hetero) is 1. The molecule has 42 heavy (non-hydrogen) atoms. The zero-order valence-electron chi connectivity index (χ0n) is 24.7. The molecule has 0 spiro atoms. The first kappa shape index (κ1) is 32.5. The van der Waals surface area contributed by atoms with E-state index in [0.717, 1.165) is 5.69 Å². The summed E-state index contributed by atoms with van der Waals surface area (Å²) in [7, 11) is 6.23. The van der Waals surface area contributed by atoms with Crippen molar-refractivity contribution in [2.45, 2.75) is 52.2 Å². The summed E-state index contributed by atoms with van der Waals surface area (Å²) < 4.78 is 21.2. The monoisotopic (exact) mass is 601 g/mol. The van der Waals surface area contributed by atoms with Gasteiger partial charge in [-0.1, -0.05) is 37.6 Å². The molecule has 12 heteroatoms. The molecule has 3 heterocycles. The Morgan fingerprint density at radius 1 is 1.17 bits per heavy atom. The Hall–Kier alpha value is -3.99. The standard InChI is InChI=1S/C30H37ClFN5O5/c1-18(2)13-23-28-21(22(32)16-33-23)15-20(34-28)17-37-26(31)12-11-19(29(37)40)14-24(38)25(42-30(41)36(5)6)9-7-8-10-27(39)35(3)4/h8,10-12,15-16,18,25,34H,7,9,13-14,17H2,1-6H3/b10-8+/t25-/m0/s1. The predicted molar refractivity (Wildman–Crippen MR) is 159 cm³/mol. The lowest BCUT2D eigenvalue weighted by Crippen LogP contribution is -2.35. The minimum atomic E-state index is -1.13. The fraction of sp³-hybridized carbons (Fsp3) is 0.433. The molecular formula is C30H37ClFN5O5. The van der Waals surface area contributed by atoms with Crippen molar-refractivity contribution in [2.75, 3.05) is 28.2 Å². The molecule has 3 rings (SSSR count). The van der Waals surface area contributed by atoms with E-state index in [4.69, 9.17) is 16.3 Å². The van der Waals surface area contributed by atoms with E-state index in [2.05, 4.69) is 9.97 Å². The first-order valence-corrected chi connectivity index (χ1v) is 14.0. The van der Waals surface area contributed by atoms with Crippen LogP contribution in [0.4, 0.5) is 9.18 Å². The Balaban J connectivity index is 1.85. The number of ether oxygens (including phenoxy) is 1.